The number of piperidine rings is 1. The number of rotatable bonds is 1. The van der Waals surface area contributed by atoms with Gasteiger partial charge in [-0.15, -0.1) is 0 Å². The highest BCUT2D eigenvalue weighted by Gasteiger charge is 2.46. The lowest BCUT2D eigenvalue weighted by Gasteiger charge is -2.38. The van der Waals surface area contributed by atoms with Gasteiger partial charge in [-0.25, -0.2) is 9.18 Å². The Bertz CT molecular complexity index is 897. The van der Waals surface area contributed by atoms with Gasteiger partial charge >= 0.3 is 6.03 Å². The van der Waals surface area contributed by atoms with Crippen molar-refractivity contribution in [2.45, 2.75) is 18.3 Å². The molecule has 0 atom stereocenters. The second kappa shape index (κ2) is 6.97. The molecule has 1 fully saturated rings. The normalized spacial score (nSPS) is 18.6. The van der Waals surface area contributed by atoms with E-state index < -0.39 is 0 Å². The number of amides is 2. The molecular weight excluding hydrogens is 388 g/mol. The van der Waals surface area contributed by atoms with Crippen molar-refractivity contribution < 1.29 is 9.18 Å². The van der Waals surface area contributed by atoms with Crippen molar-refractivity contribution in [3.05, 3.63) is 57.8 Å². The molecule has 4 nitrogen and oxygen atoms in total. The van der Waals surface area contributed by atoms with Crippen molar-refractivity contribution >= 4 is 40.6 Å². The highest BCUT2D eigenvalue weighted by molar-refractivity contribution is 6.44. The van der Waals surface area contributed by atoms with Crippen LogP contribution in [0.3, 0.4) is 0 Å². The highest BCUT2D eigenvalue weighted by Crippen LogP contribution is 2.47. The minimum atomic E-state index is -0.289. The van der Waals surface area contributed by atoms with Crippen molar-refractivity contribution in [3.63, 3.8) is 0 Å². The van der Waals surface area contributed by atoms with Crippen molar-refractivity contribution in [2.75, 3.05) is 36.9 Å². The molecule has 2 aliphatic rings. The minimum absolute atomic E-state index is 0.209. The van der Waals surface area contributed by atoms with E-state index in [1.165, 1.54) is 6.07 Å². The molecule has 142 valence electrons. The van der Waals surface area contributed by atoms with Crippen LogP contribution in [0.5, 0.6) is 0 Å². The summed E-state index contributed by atoms with van der Waals surface area (Å²) < 4.78 is 14.0. The van der Waals surface area contributed by atoms with E-state index in [1.54, 1.807) is 35.2 Å². The third-order valence-corrected chi connectivity index (χ3v) is 6.48. The second-order valence-electron chi connectivity index (χ2n) is 7.36. The SMILES string of the molecule is CN1CCC2(CC1)CN(C(=O)Nc1cccc(Cl)c1Cl)c1ccc(F)cc12. The Kier molecular flexibility index (Phi) is 4.78. The van der Waals surface area contributed by atoms with Crippen LogP contribution in [-0.2, 0) is 5.41 Å². The Morgan fingerprint density at radius 3 is 2.67 bits per heavy atom. The third-order valence-electron chi connectivity index (χ3n) is 5.66. The number of halogens is 3. The molecule has 1 N–H and O–H groups in total. The topological polar surface area (TPSA) is 35.6 Å². The van der Waals surface area contributed by atoms with E-state index in [0.717, 1.165) is 37.2 Å². The molecule has 1 spiro atoms. The fraction of sp³-hybridized carbons (Fsp3) is 0.350. The lowest BCUT2D eigenvalue weighted by molar-refractivity contribution is 0.196. The van der Waals surface area contributed by atoms with Gasteiger partial charge in [-0.1, -0.05) is 29.3 Å². The summed E-state index contributed by atoms with van der Waals surface area (Å²) in [4.78, 5) is 17.0. The summed E-state index contributed by atoms with van der Waals surface area (Å²) in [6.07, 6.45) is 1.78. The maximum Gasteiger partial charge on any atom is 0.326 e. The van der Waals surface area contributed by atoms with Crippen LogP contribution >= 0.6 is 23.2 Å². The van der Waals surface area contributed by atoms with Crippen molar-refractivity contribution in [2.24, 2.45) is 0 Å². The van der Waals surface area contributed by atoms with Crippen LogP contribution in [0.2, 0.25) is 10.0 Å². The third kappa shape index (κ3) is 3.28. The van der Waals surface area contributed by atoms with Gasteiger partial charge in [0.15, 0.2) is 0 Å². The van der Waals surface area contributed by atoms with Crippen LogP contribution in [0.1, 0.15) is 18.4 Å². The first-order valence-electron chi connectivity index (χ1n) is 8.91. The molecule has 0 saturated carbocycles. The van der Waals surface area contributed by atoms with Crippen molar-refractivity contribution in [1.82, 2.24) is 4.90 Å². The lowest BCUT2D eigenvalue weighted by Crippen LogP contribution is -2.45. The highest BCUT2D eigenvalue weighted by atomic mass is 35.5. The molecule has 2 aromatic carbocycles. The van der Waals surface area contributed by atoms with E-state index in [0.29, 0.717) is 22.3 Å². The molecule has 7 heteroatoms. The zero-order valence-electron chi connectivity index (χ0n) is 14.9. The molecule has 2 heterocycles. The number of hydrogen-bond donors (Lipinski definition) is 1. The van der Waals surface area contributed by atoms with Crippen LogP contribution < -0.4 is 10.2 Å². The van der Waals surface area contributed by atoms with E-state index in [1.807, 2.05) is 0 Å². The molecule has 0 aromatic heterocycles. The second-order valence-corrected chi connectivity index (χ2v) is 8.15. The number of benzene rings is 2. The van der Waals surface area contributed by atoms with E-state index >= 15 is 0 Å². The Morgan fingerprint density at radius 1 is 1.19 bits per heavy atom. The number of carbonyl (C=O) groups excluding carboxylic acids is 1. The van der Waals surface area contributed by atoms with Gasteiger partial charge in [-0.05, 0) is 68.9 Å². The van der Waals surface area contributed by atoms with Gasteiger partial charge < -0.3 is 10.2 Å². The fourth-order valence-corrected chi connectivity index (χ4v) is 4.43. The monoisotopic (exact) mass is 407 g/mol. The predicted octanol–water partition coefficient (Wildman–Crippen LogP) is 5.15. The van der Waals surface area contributed by atoms with Crippen LogP contribution in [0.4, 0.5) is 20.6 Å². The molecule has 2 aliphatic heterocycles. The summed E-state index contributed by atoms with van der Waals surface area (Å²) in [5.74, 6) is -0.271. The smallest absolute Gasteiger partial charge is 0.306 e. The molecule has 4 rings (SSSR count). The van der Waals surface area contributed by atoms with Crippen LogP contribution in [0.15, 0.2) is 36.4 Å². The Labute approximate surface area is 167 Å². The van der Waals surface area contributed by atoms with Gasteiger partial charge in [0.2, 0.25) is 0 Å². The average Bonchev–Trinajstić information content (AvgIpc) is 2.95. The number of nitrogens with one attached hydrogen (secondary N) is 1. The molecular formula is C20H20Cl2FN3O. The number of urea groups is 1. The molecule has 0 unspecified atom stereocenters. The predicted molar refractivity (Wildman–Crippen MR) is 108 cm³/mol. The van der Waals surface area contributed by atoms with E-state index in [4.69, 9.17) is 23.2 Å². The first kappa shape index (κ1) is 18.5. The number of likely N-dealkylation sites (tertiary alicyclic amines) is 1. The largest absolute Gasteiger partial charge is 0.326 e. The first-order chi connectivity index (χ1) is 12.9. The molecule has 0 aliphatic carbocycles. The Morgan fingerprint density at radius 2 is 1.93 bits per heavy atom. The summed E-state index contributed by atoms with van der Waals surface area (Å²) >= 11 is 12.2. The Hall–Kier alpha value is -1.82. The van der Waals surface area contributed by atoms with Gasteiger partial charge in [-0.2, -0.15) is 0 Å². The molecule has 2 amide bonds. The minimum Gasteiger partial charge on any atom is -0.306 e. The average molecular weight is 408 g/mol. The zero-order chi connectivity index (χ0) is 19.2. The zero-order valence-corrected chi connectivity index (χ0v) is 16.4. The molecule has 2 aromatic rings. The summed E-state index contributed by atoms with van der Waals surface area (Å²) in [7, 11) is 2.08. The maximum absolute atomic E-state index is 14.0. The maximum atomic E-state index is 14.0. The summed E-state index contributed by atoms with van der Waals surface area (Å²) in [6.45, 7) is 2.38. The summed E-state index contributed by atoms with van der Waals surface area (Å²) in [5.41, 5.74) is 1.93. The quantitative estimate of drug-likeness (QED) is 0.709. The van der Waals surface area contributed by atoms with Crippen molar-refractivity contribution in [3.8, 4) is 0 Å². The van der Waals surface area contributed by atoms with Gasteiger partial charge in [0.1, 0.15) is 5.82 Å². The summed E-state index contributed by atoms with van der Waals surface area (Å²) in [6, 6.07) is 9.50. The number of carbonyl (C=O) groups is 1. The molecule has 27 heavy (non-hydrogen) atoms. The summed E-state index contributed by atoms with van der Waals surface area (Å²) in [5, 5.41) is 3.53. The molecule has 0 radical (unpaired) electrons. The van der Waals surface area contributed by atoms with Gasteiger partial charge in [0, 0.05) is 17.6 Å². The number of fused-ring (bicyclic) bond motifs is 2. The lowest BCUT2D eigenvalue weighted by atomic mass is 9.74. The van der Waals surface area contributed by atoms with Gasteiger partial charge in [0.05, 0.1) is 15.7 Å². The van der Waals surface area contributed by atoms with E-state index in [9.17, 15) is 9.18 Å². The van der Waals surface area contributed by atoms with Gasteiger partial charge in [-0.3, -0.25) is 4.90 Å². The van der Waals surface area contributed by atoms with E-state index in [-0.39, 0.29) is 17.3 Å². The molecule has 0 bridgehead atoms. The van der Waals surface area contributed by atoms with Gasteiger partial charge in [0.25, 0.3) is 0 Å². The van der Waals surface area contributed by atoms with Crippen LogP contribution in [0, 0.1) is 5.82 Å². The number of nitrogens with zero attached hydrogens (tertiary/aromatic N) is 2. The van der Waals surface area contributed by atoms with Crippen LogP contribution in [0.25, 0.3) is 0 Å². The first-order valence-corrected chi connectivity index (χ1v) is 9.66. The van der Waals surface area contributed by atoms with E-state index in [2.05, 4.69) is 17.3 Å². The number of anilines is 2. The fourth-order valence-electron chi connectivity index (χ4n) is 4.08. The number of hydrogen-bond acceptors (Lipinski definition) is 2. The Balaban J connectivity index is 1.66. The molecule has 1 saturated heterocycles. The van der Waals surface area contributed by atoms with Crippen LogP contribution in [-0.4, -0.2) is 37.6 Å². The van der Waals surface area contributed by atoms with Crippen molar-refractivity contribution in [1.29, 1.82) is 0 Å². The standard InChI is InChI=1S/C20H20Cl2FN3O/c1-25-9-7-20(8-10-25)12-26(17-6-5-13(23)11-14(17)20)19(27)24-16-4-2-3-15(21)18(16)22/h2-6,11H,7-10,12H2,1H3,(H,24,27).